The van der Waals surface area contributed by atoms with Gasteiger partial charge in [-0.05, 0) is 37.1 Å². The highest BCUT2D eigenvalue weighted by Gasteiger charge is 2.29. The summed E-state index contributed by atoms with van der Waals surface area (Å²) in [6.45, 7) is 7.57. The Labute approximate surface area is 181 Å². The predicted octanol–water partition coefficient (Wildman–Crippen LogP) is 2.65. The van der Waals surface area contributed by atoms with E-state index in [1.807, 2.05) is 31.1 Å². The van der Waals surface area contributed by atoms with Crippen LogP contribution in [0.2, 0.25) is 0 Å². The smallest absolute Gasteiger partial charge is 0.194 e. The van der Waals surface area contributed by atoms with Crippen LogP contribution in [0.1, 0.15) is 35.9 Å². The second kappa shape index (κ2) is 9.42. The Kier molecular flexibility index (Phi) is 6.47. The average molecular weight is 427 g/mol. The zero-order valence-electron chi connectivity index (χ0n) is 17.9. The second-order valence-electron chi connectivity index (χ2n) is 7.91. The van der Waals surface area contributed by atoms with Crippen molar-refractivity contribution < 1.29 is 0 Å². The van der Waals surface area contributed by atoms with Gasteiger partial charge >= 0.3 is 0 Å². The number of guanidine groups is 1. The van der Waals surface area contributed by atoms with E-state index in [9.17, 15) is 0 Å². The molecular weight excluding hydrogens is 396 g/mol. The zero-order chi connectivity index (χ0) is 20.9. The summed E-state index contributed by atoms with van der Waals surface area (Å²) in [5.74, 6) is 3.33. The fraction of sp³-hybridized carbons (Fsp3) is 0.524. The van der Waals surface area contributed by atoms with Gasteiger partial charge in [-0.1, -0.05) is 13.0 Å². The van der Waals surface area contributed by atoms with E-state index < -0.39 is 0 Å². The van der Waals surface area contributed by atoms with E-state index in [0.717, 1.165) is 50.1 Å². The monoisotopic (exact) mass is 426 g/mol. The normalized spacial score (nSPS) is 20.0. The van der Waals surface area contributed by atoms with Gasteiger partial charge in [-0.25, -0.2) is 9.98 Å². The molecule has 0 bridgehead atoms. The predicted molar refractivity (Wildman–Crippen MR) is 120 cm³/mol. The molecule has 1 aliphatic rings. The van der Waals surface area contributed by atoms with Crippen LogP contribution in [0.3, 0.4) is 0 Å². The third-order valence-electron chi connectivity index (χ3n) is 5.91. The highest BCUT2D eigenvalue weighted by atomic mass is 32.1. The van der Waals surface area contributed by atoms with Crippen LogP contribution in [0, 0.1) is 12.8 Å². The first-order chi connectivity index (χ1) is 14.6. The number of nitrogens with zero attached hydrogens (tertiary/aromatic N) is 7. The number of likely N-dealkylation sites (tertiary alicyclic amines) is 1. The van der Waals surface area contributed by atoms with Crippen molar-refractivity contribution in [2.75, 3.05) is 19.6 Å². The summed E-state index contributed by atoms with van der Waals surface area (Å²) in [5, 5.41) is 14.2. The standard InChI is InChI=1S/C21H30N8S/c1-16-7-10-28(14-19(16)29-11-9-22-15-29)21(23-8-6-18-5-4-12-30-18)24-13-20-26-25-17(2)27(20)3/h4-5,9,11-12,15-16,19H,6-8,10,13-14H2,1-3H3,(H,23,24). The van der Waals surface area contributed by atoms with Gasteiger partial charge in [-0.2, -0.15) is 0 Å². The zero-order valence-corrected chi connectivity index (χ0v) is 18.7. The molecule has 0 amide bonds. The Morgan fingerprint density at radius 3 is 2.97 bits per heavy atom. The first kappa shape index (κ1) is 20.6. The number of imidazole rings is 1. The van der Waals surface area contributed by atoms with Gasteiger partial charge in [0.05, 0.1) is 12.4 Å². The van der Waals surface area contributed by atoms with Crippen molar-refractivity contribution in [3.05, 3.63) is 52.8 Å². The van der Waals surface area contributed by atoms with E-state index in [2.05, 4.69) is 60.6 Å². The summed E-state index contributed by atoms with van der Waals surface area (Å²) < 4.78 is 4.23. The van der Waals surface area contributed by atoms with Crippen LogP contribution in [-0.4, -0.2) is 54.8 Å². The lowest BCUT2D eigenvalue weighted by Gasteiger charge is -2.39. The molecule has 2 unspecified atom stereocenters. The lowest BCUT2D eigenvalue weighted by molar-refractivity contribution is 0.189. The molecule has 4 rings (SSSR count). The summed E-state index contributed by atoms with van der Waals surface area (Å²) in [4.78, 5) is 12.9. The Balaban J connectivity index is 1.49. The SMILES string of the molecule is Cc1nnc(CN=C(NCCc2cccs2)N2CCC(C)C(n3ccnc3)C2)n1C. The minimum absolute atomic E-state index is 0.391. The lowest BCUT2D eigenvalue weighted by atomic mass is 9.93. The van der Waals surface area contributed by atoms with Gasteiger partial charge in [-0.3, -0.25) is 0 Å². The maximum Gasteiger partial charge on any atom is 0.194 e. The molecule has 9 heteroatoms. The molecule has 4 heterocycles. The molecule has 0 aliphatic carbocycles. The molecule has 1 aliphatic heterocycles. The van der Waals surface area contributed by atoms with Gasteiger partial charge in [-0.15, -0.1) is 21.5 Å². The van der Waals surface area contributed by atoms with Crippen molar-refractivity contribution in [2.24, 2.45) is 18.0 Å². The Bertz CT molecular complexity index is 944. The minimum Gasteiger partial charge on any atom is -0.356 e. The first-order valence-electron chi connectivity index (χ1n) is 10.5. The fourth-order valence-electron chi connectivity index (χ4n) is 3.85. The molecule has 0 spiro atoms. The average Bonchev–Trinajstić information content (AvgIpc) is 3.51. The van der Waals surface area contributed by atoms with Gasteiger partial charge in [0.2, 0.25) is 0 Å². The van der Waals surface area contributed by atoms with Crippen molar-refractivity contribution >= 4 is 17.3 Å². The number of piperidine rings is 1. The minimum atomic E-state index is 0.391. The van der Waals surface area contributed by atoms with Crippen molar-refractivity contribution in [1.82, 2.24) is 34.5 Å². The highest BCUT2D eigenvalue weighted by Crippen LogP contribution is 2.27. The van der Waals surface area contributed by atoms with Crippen molar-refractivity contribution in [1.29, 1.82) is 0 Å². The summed E-state index contributed by atoms with van der Waals surface area (Å²) in [6.07, 6.45) is 7.96. The van der Waals surface area contributed by atoms with E-state index in [0.29, 0.717) is 18.5 Å². The molecule has 1 N–H and O–H groups in total. The summed E-state index contributed by atoms with van der Waals surface area (Å²) in [5.41, 5.74) is 0. The van der Waals surface area contributed by atoms with Crippen LogP contribution in [0.4, 0.5) is 0 Å². The van der Waals surface area contributed by atoms with Crippen LogP contribution < -0.4 is 5.32 Å². The van der Waals surface area contributed by atoms with Crippen LogP contribution in [0.15, 0.2) is 41.2 Å². The topological polar surface area (TPSA) is 76.2 Å². The van der Waals surface area contributed by atoms with Gasteiger partial charge in [0.25, 0.3) is 0 Å². The second-order valence-corrected chi connectivity index (χ2v) is 8.94. The first-order valence-corrected chi connectivity index (χ1v) is 11.4. The highest BCUT2D eigenvalue weighted by molar-refractivity contribution is 7.09. The number of aryl methyl sites for hydroxylation is 1. The molecule has 0 saturated carbocycles. The van der Waals surface area contributed by atoms with Crippen molar-refractivity contribution in [2.45, 2.75) is 39.3 Å². The third-order valence-corrected chi connectivity index (χ3v) is 6.85. The molecule has 160 valence electrons. The van der Waals surface area contributed by atoms with Gasteiger partial charge in [0.1, 0.15) is 12.4 Å². The van der Waals surface area contributed by atoms with E-state index in [1.165, 1.54) is 4.88 Å². The Hall–Kier alpha value is -2.68. The van der Waals surface area contributed by atoms with Gasteiger partial charge < -0.3 is 19.4 Å². The molecule has 3 aromatic rings. The van der Waals surface area contributed by atoms with E-state index in [-0.39, 0.29) is 0 Å². The fourth-order valence-corrected chi connectivity index (χ4v) is 4.56. The van der Waals surface area contributed by atoms with E-state index in [1.54, 1.807) is 11.3 Å². The molecule has 1 saturated heterocycles. The summed E-state index contributed by atoms with van der Waals surface area (Å²) in [7, 11) is 1.99. The maximum absolute atomic E-state index is 4.94. The quantitative estimate of drug-likeness (QED) is 0.484. The molecule has 1 fully saturated rings. The molecule has 2 atom stereocenters. The summed E-state index contributed by atoms with van der Waals surface area (Å²) >= 11 is 1.80. The number of rotatable bonds is 6. The number of nitrogens with one attached hydrogen (secondary N) is 1. The van der Waals surface area contributed by atoms with E-state index in [4.69, 9.17) is 4.99 Å². The third kappa shape index (κ3) is 4.72. The largest absolute Gasteiger partial charge is 0.356 e. The lowest BCUT2D eigenvalue weighted by Crippen LogP contribution is -2.49. The van der Waals surface area contributed by atoms with Crippen molar-refractivity contribution in [3.63, 3.8) is 0 Å². The van der Waals surface area contributed by atoms with Crippen LogP contribution >= 0.6 is 11.3 Å². The molecule has 30 heavy (non-hydrogen) atoms. The molecule has 0 radical (unpaired) electrons. The molecule has 0 aromatic carbocycles. The number of hydrogen-bond acceptors (Lipinski definition) is 5. The van der Waals surface area contributed by atoms with Crippen LogP contribution in [0.5, 0.6) is 0 Å². The van der Waals surface area contributed by atoms with Gasteiger partial charge in [0.15, 0.2) is 11.8 Å². The molecular formula is C21H30N8S. The van der Waals surface area contributed by atoms with Crippen LogP contribution in [-0.2, 0) is 20.0 Å². The number of aromatic nitrogens is 5. The maximum atomic E-state index is 4.94. The number of hydrogen-bond donors (Lipinski definition) is 1. The summed E-state index contributed by atoms with van der Waals surface area (Å²) in [6, 6.07) is 4.68. The van der Waals surface area contributed by atoms with Crippen molar-refractivity contribution in [3.8, 4) is 0 Å². The molecule has 3 aromatic heterocycles. The van der Waals surface area contributed by atoms with E-state index >= 15 is 0 Å². The molecule has 8 nitrogen and oxygen atoms in total. The number of thiophene rings is 1. The Morgan fingerprint density at radius 2 is 2.27 bits per heavy atom. The number of aliphatic imine (C=N–C) groups is 1. The van der Waals surface area contributed by atoms with Crippen LogP contribution in [0.25, 0.3) is 0 Å². The Morgan fingerprint density at radius 1 is 1.37 bits per heavy atom. The van der Waals surface area contributed by atoms with Gasteiger partial charge in [0, 0.05) is 44.0 Å².